The fraction of sp³-hybridized carbons (Fsp3) is 0.222. The lowest BCUT2D eigenvalue weighted by Gasteiger charge is -1.98. The highest BCUT2D eigenvalue weighted by atomic mass is 35.5. The molecular weight excluding hydrogens is 218 g/mol. The van der Waals surface area contributed by atoms with Crippen LogP contribution in [0.1, 0.15) is 6.92 Å². The minimum Gasteiger partial charge on any atom is -0.463 e. The van der Waals surface area contributed by atoms with Crippen molar-refractivity contribution in [3.05, 3.63) is 34.8 Å². The smallest absolute Gasteiger partial charge is 0.330 e. The lowest BCUT2D eigenvalue weighted by molar-refractivity contribution is -0.137. The number of esters is 1. The first kappa shape index (κ1) is 13.4. The Morgan fingerprint density at radius 3 is 2.33 bits per heavy atom. The van der Waals surface area contributed by atoms with Gasteiger partial charge in [-0.05, 0) is 19.1 Å². The van der Waals surface area contributed by atoms with E-state index in [0.717, 1.165) is 0 Å². The molecule has 15 heavy (non-hydrogen) atoms. The fourth-order valence-electron chi connectivity index (χ4n) is 0.676. The van der Waals surface area contributed by atoms with E-state index in [1.807, 2.05) is 0 Å². The molecule has 6 heteroatoms. The van der Waals surface area contributed by atoms with Crippen LogP contribution in [0.4, 0.5) is 0 Å². The highest BCUT2D eigenvalue weighted by molar-refractivity contribution is 6.29. The first-order valence-corrected chi connectivity index (χ1v) is 4.58. The van der Waals surface area contributed by atoms with Crippen molar-refractivity contribution in [1.29, 1.82) is 0 Å². The summed E-state index contributed by atoms with van der Waals surface area (Å²) >= 11 is 5.38. The number of ether oxygens (including phenoxy) is 1. The quantitative estimate of drug-likeness (QED) is 0.279. The van der Waals surface area contributed by atoms with Gasteiger partial charge in [0.2, 0.25) is 0 Å². The molecule has 0 aromatic rings. The molecule has 0 bridgehead atoms. The SMILES string of the molecule is CCOC(=O)/C=C/C(N)=C(N)/C=C(\N)Cl. The van der Waals surface area contributed by atoms with Crippen LogP contribution < -0.4 is 17.2 Å². The normalized spacial score (nSPS) is 13.9. The molecule has 0 spiro atoms. The van der Waals surface area contributed by atoms with E-state index in [1.165, 1.54) is 18.2 Å². The van der Waals surface area contributed by atoms with Crippen molar-refractivity contribution in [3.8, 4) is 0 Å². The van der Waals surface area contributed by atoms with Gasteiger partial charge in [-0.3, -0.25) is 0 Å². The number of hydrogen-bond donors (Lipinski definition) is 3. The van der Waals surface area contributed by atoms with Gasteiger partial charge in [0.05, 0.1) is 18.0 Å². The van der Waals surface area contributed by atoms with Crippen LogP contribution in [0.15, 0.2) is 34.8 Å². The zero-order chi connectivity index (χ0) is 11.8. The standard InChI is InChI=1S/C9H14ClN3O2/c1-2-15-9(14)4-3-6(11)7(12)5-8(10)13/h3-5H,2,11-13H2,1H3/b4-3+,7-6+,8-5-. The van der Waals surface area contributed by atoms with Gasteiger partial charge < -0.3 is 21.9 Å². The predicted octanol–water partition coefficient (Wildman–Crippen LogP) is 0.274. The summed E-state index contributed by atoms with van der Waals surface area (Å²) in [5.41, 5.74) is 16.5. The van der Waals surface area contributed by atoms with Crippen LogP contribution in [0, 0.1) is 0 Å². The van der Waals surface area contributed by atoms with Crippen LogP contribution in [-0.4, -0.2) is 12.6 Å². The van der Waals surface area contributed by atoms with E-state index in [1.54, 1.807) is 6.92 Å². The maximum absolute atomic E-state index is 10.9. The average Bonchev–Trinajstić information content (AvgIpc) is 2.13. The lowest BCUT2D eigenvalue weighted by atomic mass is 10.3. The van der Waals surface area contributed by atoms with Gasteiger partial charge in [-0.1, -0.05) is 11.6 Å². The second-order valence-electron chi connectivity index (χ2n) is 2.53. The van der Waals surface area contributed by atoms with Crippen molar-refractivity contribution in [2.24, 2.45) is 17.2 Å². The maximum atomic E-state index is 10.9. The van der Waals surface area contributed by atoms with E-state index in [-0.39, 0.29) is 16.6 Å². The average molecular weight is 232 g/mol. The highest BCUT2D eigenvalue weighted by Gasteiger charge is 1.96. The van der Waals surface area contributed by atoms with E-state index in [4.69, 9.17) is 28.8 Å². The predicted molar refractivity (Wildman–Crippen MR) is 59.3 cm³/mol. The Morgan fingerprint density at radius 2 is 1.87 bits per heavy atom. The van der Waals surface area contributed by atoms with Gasteiger partial charge in [-0.2, -0.15) is 0 Å². The van der Waals surface area contributed by atoms with Crippen LogP contribution >= 0.6 is 11.6 Å². The molecule has 0 aliphatic rings. The van der Waals surface area contributed by atoms with Gasteiger partial charge in [0, 0.05) is 6.08 Å². The van der Waals surface area contributed by atoms with Crippen molar-refractivity contribution in [1.82, 2.24) is 0 Å². The molecule has 0 heterocycles. The Hall–Kier alpha value is -1.62. The van der Waals surface area contributed by atoms with Crippen molar-refractivity contribution < 1.29 is 9.53 Å². The van der Waals surface area contributed by atoms with Crippen LogP contribution in [0.25, 0.3) is 0 Å². The second-order valence-corrected chi connectivity index (χ2v) is 2.96. The molecule has 6 N–H and O–H groups in total. The van der Waals surface area contributed by atoms with E-state index < -0.39 is 5.97 Å². The third-order valence-corrected chi connectivity index (χ3v) is 1.42. The zero-order valence-electron chi connectivity index (χ0n) is 8.37. The molecule has 0 saturated heterocycles. The summed E-state index contributed by atoms with van der Waals surface area (Å²) in [6.07, 6.45) is 3.78. The molecule has 5 nitrogen and oxygen atoms in total. The van der Waals surface area contributed by atoms with Crippen molar-refractivity contribution in [2.45, 2.75) is 6.92 Å². The largest absolute Gasteiger partial charge is 0.463 e. The van der Waals surface area contributed by atoms with Gasteiger partial charge in [0.25, 0.3) is 0 Å². The van der Waals surface area contributed by atoms with E-state index in [2.05, 4.69) is 4.74 Å². The number of hydrogen-bond acceptors (Lipinski definition) is 5. The number of allylic oxidation sites excluding steroid dienone is 2. The summed E-state index contributed by atoms with van der Waals surface area (Å²) in [6, 6.07) is 0. The lowest BCUT2D eigenvalue weighted by Crippen LogP contribution is -2.08. The first-order valence-electron chi connectivity index (χ1n) is 4.20. The maximum Gasteiger partial charge on any atom is 0.330 e. The molecule has 0 aliphatic carbocycles. The molecule has 0 aliphatic heterocycles. The number of carbonyl (C=O) groups is 1. The van der Waals surface area contributed by atoms with E-state index in [9.17, 15) is 4.79 Å². The Morgan fingerprint density at radius 1 is 1.27 bits per heavy atom. The third-order valence-electron chi connectivity index (χ3n) is 1.31. The second kappa shape index (κ2) is 6.78. The molecule has 0 rings (SSSR count). The molecule has 0 radical (unpaired) electrons. The Labute approximate surface area is 93.2 Å². The van der Waals surface area contributed by atoms with Crippen LogP contribution in [0.3, 0.4) is 0 Å². The third kappa shape index (κ3) is 6.45. The van der Waals surface area contributed by atoms with Gasteiger partial charge in [0.15, 0.2) is 0 Å². The molecule has 0 aromatic heterocycles. The van der Waals surface area contributed by atoms with E-state index >= 15 is 0 Å². The topological polar surface area (TPSA) is 104 Å². The monoisotopic (exact) mass is 231 g/mol. The van der Waals surface area contributed by atoms with Crippen molar-refractivity contribution in [3.63, 3.8) is 0 Å². The number of nitrogens with two attached hydrogens (primary N) is 3. The van der Waals surface area contributed by atoms with Gasteiger partial charge in [-0.25, -0.2) is 4.79 Å². The summed E-state index contributed by atoms with van der Waals surface area (Å²) in [6.45, 7) is 2.01. The molecule has 0 atom stereocenters. The minimum atomic E-state index is -0.490. The Balaban J connectivity index is 4.53. The van der Waals surface area contributed by atoms with Crippen molar-refractivity contribution >= 4 is 17.6 Å². The molecular formula is C9H14ClN3O2. The molecule has 0 unspecified atom stereocenters. The van der Waals surface area contributed by atoms with Gasteiger partial charge in [-0.15, -0.1) is 0 Å². The highest BCUT2D eigenvalue weighted by Crippen LogP contribution is 2.00. The summed E-state index contributed by atoms with van der Waals surface area (Å²) in [7, 11) is 0. The molecule has 0 saturated carbocycles. The Kier molecular flexibility index (Phi) is 6.05. The number of halogens is 1. The number of rotatable bonds is 4. The Bertz CT molecular complexity index is 317. The molecule has 0 aromatic carbocycles. The first-order chi connectivity index (χ1) is 6.97. The van der Waals surface area contributed by atoms with Gasteiger partial charge in [0.1, 0.15) is 5.16 Å². The van der Waals surface area contributed by atoms with Gasteiger partial charge >= 0.3 is 5.97 Å². The molecule has 0 fully saturated rings. The fourth-order valence-corrected chi connectivity index (χ4v) is 0.794. The summed E-state index contributed by atoms with van der Waals surface area (Å²) in [5, 5.41) is 0.0139. The van der Waals surface area contributed by atoms with Crippen molar-refractivity contribution in [2.75, 3.05) is 6.61 Å². The van der Waals surface area contributed by atoms with E-state index in [0.29, 0.717) is 6.61 Å². The van der Waals surface area contributed by atoms with Crippen LogP contribution in [0.2, 0.25) is 0 Å². The zero-order valence-corrected chi connectivity index (χ0v) is 9.12. The summed E-state index contributed by atoms with van der Waals surface area (Å²) in [5.74, 6) is -0.490. The van der Waals surface area contributed by atoms with Crippen LogP contribution in [-0.2, 0) is 9.53 Å². The minimum absolute atomic E-state index is 0.0139. The number of carbonyl (C=O) groups excluding carboxylic acids is 1. The summed E-state index contributed by atoms with van der Waals surface area (Å²) < 4.78 is 4.64. The molecule has 0 amide bonds. The molecule has 84 valence electrons. The van der Waals surface area contributed by atoms with Crippen LogP contribution in [0.5, 0.6) is 0 Å². The summed E-state index contributed by atoms with van der Waals surface area (Å²) in [4.78, 5) is 10.9.